The molecule has 0 fully saturated rings. The molecule has 18 heavy (non-hydrogen) atoms. The first kappa shape index (κ1) is 13.3. The lowest BCUT2D eigenvalue weighted by Crippen LogP contribution is -2.11. The van der Waals surface area contributed by atoms with E-state index in [4.69, 9.17) is 0 Å². The van der Waals surface area contributed by atoms with Crippen LogP contribution in [0.5, 0.6) is 0 Å². The third-order valence-electron chi connectivity index (χ3n) is 2.79. The van der Waals surface area contributed by atoms with Crippen LogP contribution in [-0.2, 0) is 13.1 Å². The monoisotopic (exact) mass is 307 g/mol. The molecule has 0 saturated carbocycles. The van der Waals surface area contributed by atoms with Crippen LogP contribution in [0.25, 0.3) is 0 Å². The second-order valence-electron chi connectivity index (χ2n) is 4.42. The molecule has 0 saturated heterocycles. The Morgan fingerprint density at radius 3 is 2.83 bits per heavy atom. The Kier molecular flexibility index (Phi) is 4.55. The highest BCUT2D eigenvalue weighted by molar-refractivity contribution is 9.10. The summed E-state index contributed by atoms with van der Waals surface area (Å²) in [6.07, 6.45) is 3.94. The molecule has 2 aromatic rings. The molecular weight excluding hydrogens is 290 g/mol. The molecule has 1 aromatic carbocycles. The Balaban J connectivity index is 2.09. The fourth-order valence-electron chi connectivity index (χ4n) is 1.83. The van der Waals surface area contributed by atoms with Gasteiger partial charge in [0.05, 0.1) is 12.7 Å². The average molecular weight is 308 g/mol. The Morgan fingerprint density at radius 1 is 1.39 bits per heavy atom. The molecule has 2 rings (SSSR count). The van der Waals surface area contributed by atoms with Crippen LogP contribution in [0.4, 0.5) is 0 Å². The largest absolute Gasteiger partial charge is 0.313 e. The van der Waals surface area contributed by atoms with Gasteiger partial charge in [0.15, 0.2) is 0 Å². The molecule has 1 N–H and O–H groups in total. The zero-order valence-corrected chi connectivity index (χ0v) is 12.4. The predicted octanol–water partition coefficient (Wildman–Crippen LogP) is 3.11. The minimum Gasteiger partial charge on any atom is -0.313 e. The van der Waals surface area contributed by atoms with Gasteiger partial charge in [0, 0.05) is 17.2 Å². The zero-order valence-electron chi connectivity index (χ0n) is 10.8. The third-order valence-corrected chi connectivity index (χ3v) is 3.53. The van der Waals surface area contributed by atoms with Gasteiger partial charge in [-0.1, -0.05) is 35.0 Å². The normalized spacial score (nSPS) is 10.8. The van der Waals surface area contributed by atoms with Crippen molar-refractivity contribution in [2.75, 3.05) is 6.54 Å². The summed E-state index contributed by atoms with van der Waals surface area (Å²) in [6.45, 7) is 6.87. The van der Waals surface area contributed by atoms with Crippen molar-refractivity contribution in [3.8, 4) is 0 Å². The second kappa shape index (κ2) is 6.16. The van der Waals surface area contributed by atoms with Gasteiger partial charge in [-0.2, -0.15) is 5.10 Å². The van der Waals surface area contributed by atoms with Gasteiger partial charge in [-0.25, -0.2) is 0 Å². The maximum atomic E-state index is 4.31. The summed E-state index contributed by atoms with van der Waals surface area (Å²) < 4.78 is 3.10. The lowest BCUT2D eigenvalue weighted by Gasteiger charge is -2.08. The van der Waals surface area contributed by atoms with Crippen LogP contribution < -0.4 is 5.32 Å². The highest BCUT2D eigenvalue weighted by Gasteiger charge is 2.03. The summed E-state index contributed by atoms with van der Waals surface area (Å²) in [4.78, 5) is 0. The summed E-state index contributed by atoms with van der Waals surface area (Å²) in [5.41, 5.74) is 3.73. The Hall–Kier alpha value is -1.13. The van der Waals surface area contributed by atoms with Crippen molar-refractivity contribution < 1.29 is 0 Å². The minimum absolute atomic E-state index is 0.801. The van der Waals surface area contributed by atoms with Crippen LogP contribution in [0.2, 0.25) is 0 Å². The number of benzene rings is 1. The smallest absolute Gasteiger partial charge is 0.0670 e. The molecule has 0 amide bonds. The van der Waals surface area contributed by atoms with Crippen LogP contribution in [0.15, 0.2) is 35.1 Å². The first-order valence-corrected chi connectivity index (χ1v) is 6.95. The van der Waals surface area contributed by atoms with E-state index < -0.39 is 0 Å². The first-order chi connectivity index (χ1) is 8.69. The van der Waals surface area contributed by atoms with E-state index in [9.17, 15) is 0 Å². The maximum absolute atomic E-state index is 4.31. The van der Waals surface area contributed by atoms with Gasteiger partial charge in [-0.15, -0.1) is 0 Å². The molecule has 4 heteroatoms. The molecule has 1 heterocycles. The standard InChI is InChI=1S/C14H18BrN3/c1-3-16-8-12-4-5-13(14(15)6-12)10-18-9-11(2)7-17-18/h4-7,9,16H,3,8,10H2,1-2H3. The maximum Gasteiger partial charge on any atom is 0.0670 e. The van der Waals surface area contributed by atoms with Gasteiger partial charge < -0.3 is 5.32 Å². The molecule has 0 aliphatic rings. The summed E-state index contributed by atoms with van der Waals surface area (Å²) >= 11 is 3.63. The molecule has 0 aliphatic heterocycles. The lowest BCUT2D eigenvalue weighted by atomic mass is 10.1. The molecule has 0 atom stereocenters. The van der Waals surface area contributed by atoms with E-state index in [-0.39, 0.29) is 0 Å². The van der Waals surface area contributed by atoms with Crippen molar-refractivity contribution in [2.24, 2.45) is 0 Å². The highest BCUT2D eigenvalue weighted by Crippen LogP contribution is 2.19. The molecular formula is C14H18BrN3. The molecule has 0 aliphatic carbocycles. The van der Waals surface area contributed by atoms with E-state index in [1.165, 1.54) is 16.7 Å². The lowest BCUT2D eigenvalue weighted by molar-refractivity contribution is 0.683. The minimum atomic E-state index is 0.801. The van der Waals surface area contributed by atoms with Gasteiger partial charge in [0.25, 0.3) is 0 Å². The zero-order chi connectivity index (χ0) is 13.0. The van der Waals surface area contributed by atoms with Gasteiger partial charge in [-0.3, -0.25) is 4.68 Å². The first-order valence-electron chi connectivity index (χ1n) is 6.16. The van der Waals surface area contributed by atoms with Crippen LogP contribution in [0, 0.1) is 6.92 Å². The van der Waals surface area contributed by atoms with Crippen LogP contribution in [-0.4, -0.2) is 16.3 Å². The topological polar surface area (TPSA) is 29.9 Å². The van der Waals surface area contributed by atoms with Gasteiger partial charge >= 0.3 is 0 Å². The predicted molar refractivity (Wildman–Crippen MR) is 77.6 cm³/mol. The van der Waals surface area contributed by atoms with Crippen molar-refractivity contribution in [2.45, 2.75) is 26.9 Å². The van der Waals surface area contributed by atoms with Gasteiger partial charge in [-0.05, 0) is 36.2 Å². The Morgan fingerprint density at radius 2 is 2.22 bits per heavy atom. The molecule has 1 aromatic heterocycles. The van der Waals surface area contributed by atoms with E-state index in [0.29, 0.717) is 0 Å². The molecule has 0 unspecified atom stereocenters. The quantitative estimate of drug-likeness (QED) is 0.920. The van der Waals surface area contributed by atoms with Crippen LogP contribution in [0.3, 0.4) is 0 Å². The summed E-state index contributed by atoms with van der Waals surface area (Å²) in [6, 6.07) is 6.50. The average Bonchev–Trinajstić information content (AvgIpc) is 2.75. The Bertz CT molecular complexity index is 520. The molecule has 0 radical (unpaired) electrons. The van der Waals surface area contributed by atoms with E-state index in [2.05, 4.69) is 64.6 Å². The number of nitrogens with one attached hydrogen (secondary N) is 1. The van der Waals surface area contributed by atoms with E-state index >= 15 is 0 Å². The number of nitrogens with zero attached hydrogens (tertiary/aromatic N) is 2. The van der Waals surface area contributed by atoms with E-state index in [1.54, 1.807) is 0 Å². The molecule has 0 bridgehead atoms. The summed E-state index contributed by atoms with van der Waals surface area (Å²) in [5.74, 6) is 0. The van der Waals surface area contributed by atoms with Crippen molar-refractivity contribution in [3.63, 3.8) is 0 Å². The fourth-order valence-corrected chi connectivity index (χ4v) is 2.38. The summed E-state index contributed by atoms with van der Waals surface area (Å²) in [7, 11) is 0. The molecule has 0 spiro atoms. The number of aromatic nitrogens is 2. The Labute approximate surface area is 116 Å². The van der Waals surface area contributed by atoms with Gasteiger partial charge in [0.2, 0.25) is 0 Å². The fraction of sp³-hybridized carbons (Fsp3) is 0.357. The third kappa shape index (κ3) is 3.43. The summed E-state index contributed by atoms with van der Waals surface area (Å²) in [5, 5.41) is 7.63. The van der Waals surface area contributed by atoms with Crippen LogP contribution >= 0.6 is 15.9 Å². The number of rotatable bonds is 5. The number of hydrogen-bond acceptors (Lipinski definition) is 2. The molecule has 96 valence electrons. The van der Waals surface area contributed by atoms with Crippen molar-refractivity contribution in [1.82, 2.24) is 15.1 Å². The van der Waals surface area contributed by atoms with Crippen molar-refractivity contribution >= 4 is 15.9 Å². The van der Waals surface area contributed by atoms with E-state index in [0.717, 1.165) is 24.1 Å². The van der Waals surface area contributed by atoms with Crippen LogP contribution in [0.1, 0.15) is 23.6 Å². The SMILES string of the molecule is CCNCc1ccc(Cn2cc(C)cn2)c(Br)c1. The van der Waals surface area contributed by atoms with E-state index in [1.807, 2.05) is 10.9 Å². The number of halogens is 1. The molecule has 3 nitrogen and oxygen atoms in total. The van der Waals surface area contributed by atoms with Crippen molar-refractivity contribution in [3.05, 3.63) is 51.8 Å². The number of aryl methyl sites for hydroxylation is 1. The van der Waals surface area contributed by atoms with Gasteiger partial charge in [0.1, 0.15) is 0 Å². The highest BCUT2D eigenvalue weighted by atomic mass is 79.9. The number of hydrogen-bond donors (Lipinski definition) is 1. The second-order valence-corrected chi connectivity index (χ2v) is 5.28. The van der Waals surface area contributed by atoms with Crippen molar-refractivity contribution in [1.29, 1.82) is 0 Å².